The minimum Gasteiger partial charge on any atom is -0.511 e. The Kier molecular flexibility index (Phi) is 6.73. The Morgan fingerprint density at radius 1 is 0.974 bits per heavy atom. The molecule has 1 saturated carbocycles. The Bertz CT molecular complexity index is 1260. The number of aliphatic hydroxyl groups is 2. The molecule has 1 heterocycles. The first-order chi connectivity index (χ1) is 18.2. The fraction of sp³-hybridized carbons (Fsp3) is 0.647. The summed E-state index contributed by atoms with van der Waals surface area (Å²) in [4.78, 5) is 28.4. The lowest BCUT2D eigenvalue weighted by molar-refractivity contribution is -0.162. The minimum atomic E-state index is -1.40. The van der Waals surface area contributed by atoms with Gasteiger partial charge in [-0.25, -0.2) is 4.79 Å². The predicted molar refractivity (Wildman–Crippen MR) is 153 cm³/mol. The first-order valence-corrected chi connectivity index (χ1v) is 14.8. The maximum Gasteiger partial charge on any atom is 0.346 e. The van der Waals surface area contributed by atoms with Gasteiger partial charge in [0.15, 0.2) is 5.60 Å². The maximum atomic E-state index is 14.6. The minimum absolute atomic E-state index is 0.0608. The second-order valence-corrected chi connectivity index (χ2v) is 13.9. The Morgan fingerprint density at radius 2 is 1.67 bits per heavy atom. The summed E-state index contributed by atoms with van der Waals surface area (Å²) in [6, 6.07) is 0. The monoisotopic (exact) mass is 534 g/mol. The molecule has 0 aromatic heterocycles. The number of carbonyl (C=O) groups excluding carboxylic acids is 2. The maximum absolute atomic E-state index is 14.6. The van der Waals surface area contributed by atoms with Crippen LogP contribution in [0.2, 0.25) is 0 Å². The van der Waals surface area contributed by atoms with Gasteiger partial charge in [-0.1, -0.05) is 67.4 Å². The number of aliphatic hydroxyl groups excluding tert-OH is 2. The van der Waals surface area contributed by atoms with Crippen LogP contribution in [0.5, 0.6) is 0 Å². The fourth-order valence-electron chi connectivity index (χ4n) is 9.27. The highest BCUT2D eigenvalue weighted by molar-refractivity contribution is 6.26. The number of esters is 1. The molecular formula is C34H46O5. The summed E-state index contributed by atoms with van der Waals surface area (Å²) in [5, 5.41) is 23.5. The molecule has 1 saturated heterocycles. The third kappa shape index (κ3) is 3.89. The van der Waals surface area contributed by atoms with Crippen molar-refractivity contribution in [1.29, 1.82) is 0 Å². The van der Waals surface area contributed by atoms with Crippen molar-refractivity contribution in [2.75, 3.05) is 0 Å². The van der Waals surface area contributed by atoms with Crippen LogP contribution in [0.4, 0.5) is 0 Å². The van der Waals surface area contributed by atoms with Crippen LogP contribution in [0, 0.1) is 40.4 Å². The molecule has 5 aliphatic rings. The van der Waals surface area contributed by atoms with Gasteiger partial charge < -0.3 is 14.9 Å². The summed E-state index contributed by atoms with van der Waals surface area (Å²) in [5.74, 6) is -1.51. The van der Waals surface area contributed by atoms with E-state index >= 15 is 0 Å². The molecule has 2 fully saturated rings. The van der Waals surface area contributed by atoms with Crippen molar-refractivity contribution in [2.45, 2.75) is 99.2 Å². The first kappa shape index (κ1) is 28.1. The molecule has 1 aliphatic heterocycles. The van der Waals surface area contributed by atoms with Gasteiger partial charge in [0.2, 0.25) is 5.78 Å². The van der Waals surface area contributed by atoms with Gasteiger partial charge in [0.05, 0.1) is 11.5 Å². The van der Waals surface area contributed by atoms with Crippen LogP contribution < -0.4 is 0 Å². The second kappa shape index (κ2) is 9.33. The van der Waals surface area contributed by atoms with E-state index < -0.39 is 34.3 Å². The molecule has 39 heavy (non-hydrogen) atoms. The molecule has 5 heteroatoms. The fourth-order valence-corrected chi connectivity index (χ4v) is 9.27. The van der Waals surface area contributed by atoms with Crippen molar-refractivity contribution in [1.82, 2.24) is 0 Å². The predicted octanol–water partition coefficient (Wildman–Crippen LogP) is 6.95. The average Bonchev–Trinajstić information content (AvgIpc) is 3.09. The van der Waals surface area contributed by atoms with Gasteiger partial charge >= 0.3 is 5.97 Å². The number of carbonyl (C=O) groups is 2. The lowest BCUT2D eigenvalue weighted by atomic mass is 9.49. The first-order valence-electron chi connectivity index (χ1n) is 14.8. The van der Waals surface area contributed by atoms with E-state index in [0.717, 1.165) is 36.0 Å². The van der Waals surface area contributed by atoms with Gasteiger partial charge in [-0.3, -0.25) is 4.79 Å². The molecule has 0 radical (unpaired) electrons. The van der Waals surface area contributed by atoms with Crippen LogP contribution in [-0.2, 0) is 14.3 Å². The zero-order chi connectivity index (χ0) is 28.7. The van der Waals surface area contributed by atoms with E-state index in [1.165, 1.54) is 5.57 Å². The number of allylic oxidation sites excluding steroid dienone is 6. The third-order valence-electron chi connectivity index (χ3n) is 11.2. The number of hydrogen-bond donors (Lipinski definition) is 2. The van der Waals surface area contributed by atoms with E-state index in [1.807, 2.05) is 13.8 Å². The van der Waals surface area contributed by atoms with E-state index in [0.29, 0.717) is 12.8 Å². The van der Waals surface area contributed by atoms with E-state index in [1.54, 1.807) is 0 Å². The molecule has 212 valence electrons. The van der Waals surface area contributed by atoms with Gasteiger partial charge in [0.1, 0.15) is 11.3 Å². The van der Waals surface area contributed by atoms with Crippen LogP contribution in [0.3, 0.4) is 0 Å². The topological polar surface area (TPSA) is 83.8 Å². The molecule has 0 aromatic rings. The number of ketones is 1. The second-order valence-electron chi connectivity index (χ2n) is 13.9. The Labute approximate surface area is 233 Å². The summed E-state index contributed by atoms with van der Waals surface area (Å²) in [7, 11) is 0. The standard InChI is InChI=1S/C34H46O5/c1-18-10-9-11-19(2)27-21(4)14-24-25(35)13-12-20(3)28(24)33(27,8)29(36)26-30(37)34(39-31(26)38)17-23(6)22(5)16-32(34,7)15-18/h11,14-16,20,23-25,27-28,35-36H,9-10,12-13,17H2,1-8H3/b18-15+,19-11+,29-26?. The molecule has 1 spiro atoms. The van der Waals surface area contributed by atoms with E-state index in [9.17, 15) is 19.8 Å². The number of rotatable bonds is 0. The number of hydrogen-bond acceptors (Lipinski definition) is 5. The molecule has 0 amide bonds. The summed E-state index contributed by atoms with van der Waals surface area (Å²) >= 11 is 0. The highest BCUT2D eigenvalue weighted by Crippen LogP contribution is 2.62. The van der Waals surface area contributed by atoms with Crippen molar-refractivity contribution < 1.29 is 24.5 Å². The number of fused-ring (bicyclic) bond motifs is 4. The molecule has 5 nitrogen and oxygen atoms in total. The molecule has 4 aliphatic carbocycles. The molecule has 2 N–H and O–H groups in total. The van der Waals surface area contributed by atoms with Crippen LogP contribution in [-0.4, -0.2) is 33.7 Å². The van der Waals surface area contributed by atoms with Crippen molar-refractivity contribution >= 4 is 11.8 Å². The summed E-state index contributed by atoms with van der Waals surface area (Å²) in [6.45, 7) is 16.6. The smallest absolute Gasteiger partial charge is 0.346 e. The van der Waals surface area contributed by atoms with Gasteiger partial charge in [0, 0.05) is 23.7 Å². The molecule has 9 atom stereocenters. The zero-order valence-electron chi connectivity index (χ0n) is 24.9. The van der Waals surface area contributed by atoms with Crippen LogP contribution >= 0.6 is 0 Å². The van der Waals surface area contributed by atoms with E-state index in [2.05, 4.69) is 65.8 Å². The largest absolute Gasteiger partial charge is 0.511 e. The Balaban J connectivity index is 1.82. The van der Waals surface area contributed by atoms with E-state index in [4.69, 9.17) is 4.74 Å². The van der Waals surface area contributed by atoms with Crippen LogP contribution in [0.1, 0.15) is 87.5 Å². The quantitative estimate of drug-likeness (QED) is 0.200. The molecule has 5 rings (SSSR count). The number of Topliss-reactive ketones (excluding diaryl/α,β-unsaturated/α-hetero) is 1. The third-order valence-corrected chi connectivity index (χ3v) is 11.2. The van der Waals surface area contributed by atoms with Crippen molar-refractivity contribution in [3.63, 3.8) is 0 Å². The summed E-state index contributed by atoms with van der Waals surface area (Å²) in [5.41, 5.74) is 1.15. The van der Waals surface area contributed by atoms with Crippen molar-refractivity contribution in [3.05, 3.63) is 57.9 Å². The van der Waals surface area contributed by atoms with Gasteiger partial charge in [-0.15, -0.1) is 0 Å². The lowest BCUT2D eigenvalue weighted by Crippen LogP contribution is -2.54. The summed E-state index contributed by atoms with van der Waals surface area (Å²) in [6.07, 6.45) is 11.7. The van der Waals surface area contributed by atoms with Gasteiger partial charge in [-0.05, 0) is 78.1 Å². The van der Waals surface area contributed by atoms with Crippen LogP contribution in [0.15, 0.2) is 57.9 Å². The lowest BCUT2D eigenvalue weighted by Gasteiger charge is -2.55. The Morgan fingerprint density at radius 3 is 2.36 bits per heavy atom. The SMILES string of the molecule is CC1=CC2(C)/C=C(\C)CC/C=C(\C)C3C(C)=CC4C(O)CCC(C)C4C3(C)C(O)=C3C(=O)OC2(CC1C)C3=O. The number of ether oxygens (including phenoxy) is 1. The highest BCUT2D eigenvalue weighted by Gasteiger charge is 2.66. The van der Waals surface area contributed by atoms with Gasteiger partial charge in [0.25, 0.3) is 0 Å². The van der Waals surface area contributed by atoms with Crippen molar-refractivity contribution in [3.8, 4) is 0 Å². The highest BCUT2D eigenvalue weighted by atomic mass is 16.6. The van der Waals surface area contributed by atoms with Gasteiger partial charge in [-0.2, -0.15) is 0 Å². The molecular weight excluding hydrogens is 488 g/mol. The molecule has 9 unspecified atom stereocenters. The average molecular weight is 535 g/mol. The van der Waals surface area contributed by atoms with Crippen LogP contribution in [0.25, 0.3) is 0 Å². The summed E-state index contributed by atoms with van der Waals surface area (Å²) < 4.78 is 6.20. The molecule has 2 bridgehead atoms. The Hall–Kier alpha value is -2.40. The normalized spacial score (nSPS) is 47.4. The zero-order valence-corrected chi connectivity index (χ0v) is 24.9. The van der Waals surface area contributed by atoms with E-state index in [-0.39, 0.29) is 40.9 Å². The van der Waals surface area contributed by atoms with Crippen molar-refractivity contribution in [2.24, 2.45) is 40.4 Å². The molecule has 0 aromatic carbocycles.